The number of hydrogen-bond acceptors (Lipinski definition) is 21. The fourth-order valence-corrected chi connectivity index (χ4v) is 22.4. The van der Waals surface area contributed by atoms with Crippen molar-refractivity contribution in [2.45, 2.75) is 195 Å². The van der Waals surface area contributed by atoms with E-state index in [9.17, 15) is 24.3 Å². The molecule has 9 aromatic carbocycles. The standard InChI is InChI=1S/C39H45ClN4O5S.C34H37ClN4O3S.C33H35ClN4O3S/c1-10-47-36(45)33(48-38(3,4)5)30-22(2)19-28-34(31(30)23-11-14-26(40)15-12-23)50-35(41-28)24-13-16-29-27(20-24)32(42-43(29)9)25-17-18-44(21-25)37(46)49-39(6,7)8;1-7-41-33(40)30(42-34(3,4)5)27-19(2)16-25-31(28(27)20-8-11-23(35)12-9-20)43-32(37-25)21-10-13-26-24(17-21)29(38-39(26)6)22-14-15-36-18-22;1-18-15-24-30(27(19-7-10-22(34)11-8-19)26(18)29(32(39)40)41-33(2,3)4)42-31(35-24)20-9-12-25-23(16-20)28(36-38(25)6)21-13-14-37(5)17-21/h11-16,19-20,25,33H,10,17-18,21H2,1-9H3;8-13,16-17,22,30,36H,7,14-15,18H2,1-6H3;7-12,15-16,21,29H,13-14,17H2,1-6H3,(H,39,40)/t25?,33-;22?,30-;21?,29-/m000/s1. The maximum atomic E-state index is 13.5. The van der Waals surface area contributed by atoms with Gasteiger partial charge in [-0.1, -0.05) is 71.2 Å². The van der Waals surface area contributed by atoms with Gasteiger partial charge in [0.05, 0.1) is 94.3 Å². The molecule has 2 N–H and O–H groups in total. The van der Waals surface area contributed by atoms with E-state index in [0.717, 1.165) is 213 Å². The van der Waals surface area contributed by atoms with Gasteiger partial charge in [0.1, 0.15) is 20.6 Å². The van der Waals surface area contributed by atoms with Crippen molar-refractivity contribution in [1.29, 1.82) is 0 Å². The van der Waals surface area contributed by atoms with Crippen LogP contribution in [0.15, 0.2) is 146 Å². The molecule has 1 amide bonds. The van der Waals surface area contributed by atoms with Gasteiger partial charge in [-0.25, -0.2) is 34.1 Å². The molecule has 3 saturated heterocycles. The number of rotatable bonds is 20. The van der Waals surface area contributed by atoms with Crippen LogP contribution in [0.2, 0.25) is 15.1 Å². The Hall–Kier alpha value is -10.6. The molecule has 29 heteroatoms. The van der Waals surface area contributed by atoms with Gasteiger partial charge in [0.2, 0.25) is 0 Å². The summed E-state index contributed by atoms with van der Waals surface area (Å²) in [4.78, 5) is 72.0. The van der Waals surface area contributed by atoms with Crippen LogP contribution in [0.1, 0.15) is 203 Å². The van der Waals surface area contributed by atoms with Gasteiger partial charge in [-0.2, -0.15) is 15.3 Å². The average molecular weight is 1940 g/mol. The third-order valence-electron chi connectivity index (χ3n) is 24.4. The van der Waals surface area contributed by atoms with Crippen molar-refractivity contribution in [2.24, 2.45) is 21.1 Å². The van der Waals surface area contributed by atoms with Crippen LogP contribution in [0.25, 0.3) is 128 Å². The number of esters is 2. The zero-order chi connectivity index (χ0) is 96.5. The number of carboxylic acids is 1. The molecule has 3 unspecified atom stereocenters. The maximum Gasteiger partial charge on any atom is 0.410 e. The second-order valence-electron chi connectivity index (χ2n) is 39.3. The summed E-state index contributed by atoms with van der Waals surface area (Å²) in [5.41, 5.74) is 19.7. The summed E-state index contributed by atoms with van der Waals surface area (Å²) >= 11 is 23.7. The van der Waals surface area contributed by atoms with Crippen molar-refractivity contribution in [3.63, 3.8) is 0 Å². The number of carbonyl (C=O) groups excluding carboxylic acids is 3. The molecule has 9 heterocycles. The highest BCUT2D eigenvalue weighted by molar-refractivity contribution is 7.23. The molecule has 3 fully saturated rings. The molecule has 706 valence electrons. The quantitative estimate of drug-likeness (QED) is 0.0531. The number of thiazole rings is 3. The number of fused-ring (bicyclic) bond motifs is 6. The fraction of sp³-hybridized carbons (Fsp3) is 0.396. The smallest absolute Gasteiger partial charge is 0.410 e. The third-order valence-corrected chi connectivity index (χ3v) is 28.6. The number of carboxylic acid groups (broad SMARTS) is 1. The Kier molecular flexibility index (Phi) is 28.3. The molecule has 18 rings (SSSR count). The van der Waals surface area contributed by atoms with Crippen molar-refractivity contribution in [3.05, 3.63) is 211 Å². The van der Waals surface area contributed by atoms with Crippen molar-refractivity contribution in [1.82, 2.24) is 59.4 Å². The number of benzene rings is 9. The van der Waals surface area contributed by atoms with Gasteiger partial charge in [0.25, 0.3) is 0 Å². The number of amides is 1. The van der Waals surface area contributed by atoms with E-state index in [1.54, 1.807) is 45.8 Å². The summed E-state index contributed by atoms with van der Waals surface area (Å²) in [5.74, 6) is -0.978. The second-order valence-corrected chi connectivity index (χ2v) is 43.6. The lowest BCUT2D eigenvalue weighted by molar-refractivity contribution is -0.167. The number of aliphatic carboxylic acids is 1. The van der Waals surface area contributed by atoms with Gasteiger partial charge in [0, 0.05) is 146 Å². The van der Waals surface area contributed by atoms with Crippen LogP contribution in [-0.2, 0) is 63.9 Å². The van der Waals surface area contributed by atoms with E-state index in [4.69, 9.17) is 93.5 Å². The minimum Gasteiger partial charge on any atom is -0.479 e. The summed E-state index contributed by atoms with van der Waals surface area (Å²) in [5, 5.41) is 36.5. The zero-order valence-electron chi connectivity index (χ0n) is 80.4. The van der Waals surface area contributed by atoms with Crippen LogP contribution in [0.4, 0.5) is 4.79 Å². The molecule has 6 atom stereocenters. The van der Waals surface area contributed by atoms with Crippen LogP contribution in [0, 0.1) is 20.8 Å². The summed E-state index contributed by atoms with van der Waals surface area (Å²) in [7, 11) is 8.12. The Bertz CT molecular complexity index is 7020. The molecule has 0 aliphatic carbocycles. The van der Waals surface area contributed by atoms with Gasteiger partial charge in [-0.15, -0.1) is 34.0 Å². The Morgan fingerprint density at radius 1 is 0.437 bits per heavy atom. The van der Waals surface area contributed by atoms with Gasteiger partial charge in [0.15, 0.2) is 18.3 Å². The van der Waals surface area contributed by atoms with Crippen molar-refractivity contribution in [2.75, 3.05) is 59.5 Å². The molecule has 3 aliphatic rings. The molecule has 0 bridgehead atoms. The lowest BCUT2D eigenvalue weighted by Gasteiger charge is -2.29. The molecule has 0 spiro atoms. The number of likely N-dealkylation sites (N-methyl/N-ethyl adjacent to an activating group) is 1. The van der Waals surface area contributed by atoms with E-state index >= 15 is 0 Å². The van der Waals surface area contributed by atoms with E-state index in [2.05, 4.69) is 77.9 Å². The fourth-order valence-electron chi connectivity index (χ4n) is 18.6. The number of halogens is 3. The van der Waals surface area contributed by atoms with Crippen LogP contribution in [0.5, 0.6) is 0 Å². The van der Waals surface area contributed by atoms with E-state index in [0.29, 0.717) is 45.6 Å². The average Bonchev–Trinajstić information content (AvgIpc) is 1.65. The van der Waals surface area contributed by atoms with Gasteiger partial charge < -0.3 is 48.6 Å². The normalized spacial score (nSPS) is 16.4. The van der Waals surface area contributed by atoms with E-state index in [1.165, 1.54) is 5.39 Å². The first-order valence-electron chi connectivity index (χ1n) is 45.9. The number of aromatic nitrogens is 9. The first-order valence-corrected chi connectivity index (χ1v) is 49.5. The predicted octanol–water partition coefficient (Wildman–Crippen LogP) is 25.4. The Morgan fingerprint density at radius 3 is 1.09 bits per heavy atom. The summed E-state index contributed by atoms with van der Waals surface area (Å²) in [6.07, 6.45) is -0.304. The monoisotopic (exact) mass is 1930 g/mol. The van der Waals surface area contributed by atoms with Crippen molar-refractivity contribution in [3.8, 4) is 65.1 Å². The zero-order valence-corrected chi connectivity index (χ0v) is 85.1. The van der Waals surface area contributed by atoms with E-state index < -0.39 is 58.6 Å². The van der Waals surface area contributed by atoms with Crippen LogP contribution >= 0.6 is 68.8 Å². The molecule has 135 heavy (non-hydrogen) atoms. The number of ether oxygens (including phenoxy) is 6. The van der Waals surface area contributed by atoms with Crippen LogP contribution < -0.4 is 5.32 Å². The second kappa shape index (κ2) is 39.1. The molecule has 15 aromatic rings. The number of nitrogens with zero attached hydrogens (tertiary/aromatic N) is 11. The number of nitrogens with one attached hydrogen (secondary N) is 1. The molecular weight excluding hydrogens is 1820 g/mol. The van der Waals surface area contributed by atoms with Gasteiger partial charge in [-0.05, 0) is 300 Å². The number of aryl methyl sites for hydroxylation is 6. The highest BCUT2D eigenvalue weighted by atomic mass is 35.5. The molecule has 0 radical (unpaired) electrons. The van der Waals surface area contributed by atoms with Crippen molar-refractivity contribution >= 4 is 156 Å². The molecule has 23 nitrogen and oxygen atoms in total. The Balaban J connectivity index is 0.000000148. The first-order chi connectivity index (χ1) is 63.9. The predicted molar refractivity (Wildman–Crippen MR) is 545 cm³/mol. The Morgan fingerprint density at radius 2 is 0.770 bits per heavy atom. The van der Waals surface area contributed by atoms with Gasteiger partial charge in [-0.3, -0.25) is 14.0 Å². The summed E-state index contributed by atoms with van der Waals surface area (Å²) < 4.78 is 44.5. The maximum absolute atomic E-state index is 13.5. The van der Waals surface area contributed by atoms with Crippen LogP contribution in [0.3, 0.4) is 0 Å². The van der Waals surface area contributed by atoms with E-state index in [1.807, 2.05) is 231 Å². The van der Waals surface area contributed by atoms with Gasteiger partial charge >= 0.3 is 24.0 Å². The molecule has 3 aliphatic heterocycles. The topological polar surface area (TPSA) is 255 Å². The van der Waals surface area contributed by atoms with Crippen molar-refractivity contribution < 1.29 is 52.7 Å². The minimum atomic E-state index is -1.15. The molecular formula is C106H117Cl3N12O11S3. The number of hydrogen-bond donors (Lipinski definition) is 2. The minimum absolute atomic E-state index is 0.0844. The third kappa shape index (κ3) is 21.1. The molecule has 6 aromatic heterocycles. The first kappa shape index (κ1) is 97.5. The SMILES string of the molecule is CCOC(=O)[C@@H](OC(C)(C)C)c1c(C)cc2nc(-c3ccc4c(c3)c(C3CCN(C(=O)OC(C)(C)C)C3)nn4C)sc2c1-c1ccc(Cl)cc1.CCOC(=O)[C@@H](OC(C)(C)C)c1c(C)cc2nc(-c3ccc4c(c3)c(C3CCNC3)nn4C)sc2c1-c1ccc(Cl)cc1.Cc1cc2nc(-c3ccc4c(c3)c(C3CCN(C)C3)nn4C)sc2c(-c2ccc(Cl)cc2)c1[C@H](OC(C)(C)C)C(=O)O. The number of carbonyl (C=O) groups is 4. The summed E-state index contributed by atoms with van der Waals surface area (Å²) in [6.45, 7) is 38.2. The summed E-state index contributed by atoms with van der Waals surface area (Å²) in [6, 6.07) is 48.2. The highest BCUT2D eigenvalue weighted by Crippen LogP contribution is 2.51. The largest absolute Gasteiger partial charge is 0.479 e. The lowest BCUT2D eigenvalue weighted by Crippen LogP contribution is -2.35. The highest BCUT2D eigenvalue weighted by Gasteiger charge is 2.40. The Labute approximate surface area is 814 Å². The van der Waals surface area contributed by atoms with Crippen LogP contribution in [-0.4, -0.2) is 165 Å². The number of likely N-dealkylation sites (tertiary alicyclic amines) is 2. The lowest BCUT2D eigenvalue weighted by atomic mass is 9.91. The molecule has 0 saturated carbocycles. The van der Waals surface area contributed by atoms with E-state index in [-0.39, 0.29) is 25.2 Å².